The molecule has 0 saturated heterocycles. The Morgan fingerprint density at radius 3 is 2.27 bits per heavy atom. The first-order valence-corrected chi connectivity index (χ1v) is 8.76. The predicted molar refractivity (Wildman–Crippen MR) is 102 cm³/mol. The fourth-order valence-electron chi connectivity index (χ4n) is 3.33. The minimum absolute atomic E-state index is 0.111. The van der Waals surface area contributed by atoms with Gasteiger partial charge in [0.1, 0.15) is 11.6 Å². The molecular formula is C20H17F2N3S. The smallest absolute Gasteiger partial charge is 0.174 e. The zero-order valence-electron chi connectivity index (χ0n) is 13.9. The fraction of sp³-hybridized carbons (Fsp3) is 0.150. The van der Waals surface area contributed by atoms with Crippen LogP contribution in [-0.2, 0) is 6.54 Å². The highest BCUT2D eigenvalue weighted by Crippen LogP contribution is 2.33. The lowest BCUT2D eigenvalue weighted by Gasteiger charge is -2.39. The predicted octanol–water partition coefficient (Wildman–Crippen LogP) is 4.57. The van der Waals surface area contributed by atoms with Gasteiger partial charge in [-0.1, -0.05) is 12.1 Å². The van der Waals surface area contributed by atoms with E-state index in [1.165, 1.54) is 24.3 Å². The number of anilines is 1. The molecule has 2 aromatic carbocycles. The molecule has 2 heterocycles. The summed E-state index contributed by atoms with van der Waals surface area (Å²) in [6.07, 6.45) is 2.04. The molecule has 0 aliphatic carbocycles. The standard InChI is InChI=1S/C20H17F2N3S/c21-15-5-3-14(4-6-15)19-18-2-1-11-24(18)12-13-25(19)20(26)23-17-9-7-16(22)8-10-17/h1-11,19H,12-13H2,(H,23,26). The first-order valence-electron chi connectivity index (χ1n) is 8.35. The van der Waals surface area contributed by atoms with Crippen LogP contribution < -0.4 is 5.32 Å². The summed E-state index contributed by atoms with van der Waals surface area (Å²) in [6.45, 7) is 1.53. The summed E-state index contributed by atoms with van der Waals surface area (Å²) < 4.78 is 28.7. The molecule has 0 amide bonds. The van der Waals surface area contributed by atoms with Gasteiger partial charge in [0.15, 0.2) is 5.11 Å². The van der Waals surface area contributed by atoms with Crippen molar-refractivity contribution >= 4 is 23.0 Å². The van der Waals surface area contributed by atoms with Crippen LogP contribution >= 0.6 is 12.2 Å². The lowest BCUT2D eigenvalue weighted by molar-refractivity contribution is 0.293. The molecule has 132 valence electrons. The summed E-state index contributed by atoms with van der Waals surface area (Å²) in [7, 11) is 0. The SMILES string of the molecule is Fc1ccc(NC(=S)N2CCn3cccc3C2c2ccc(F)cc2)cc1. The Bertz CT molecular complexity index is 919. The van der Waals surface area contributed by atoms with Crippen LogP contribution in [0, 0.1) is 11.6 Å². The van der Waals surface area contributed by atoms with Crippen molar-refractivity contribution in [2.45, 2.75) is 12.6 Å². The van der Waals surface area contributed by atoms with Crippen molar-refractivity contribution in [2.75, 3.05) is 11.9 Å². The molecule has 3 nitrogen and oxygen atoms in total. The first-order chi connectivity index (χ1) is 12.6. The van der Waals surface area contributed by atoms with E-state index in [0.717, 1.165) is 30.0 Å². The fourth-order valence-corrected chi connectivity index (χ4v) is 3.64. The van der Waals surface area contributed by atoms with Gasteiger partial charge >= 0.3 is 0 Å². The molecule has 1 aliphatic heterocycles. The quantitative estimate of drug-likeness (QED) is 0.669. The van der Waals surface area contributed by atoms with E-state index in [2.05, 4.69) is 20.9 Å². The second kappa shape index (κ2) is 6.88. The van der Waals surface area contributed by atoms with Gasteiger partial charge in [-0.3, -0.25) is 0 Å². The molecular weight excluding hydrogens is 352 g/mol. The van der Waals surface area contributed by atoms with Gasteiger partial charge in [-0.25, -0.2) is 8.78 Å². The highest BCUT2D eigenvalue weighted by Gasteiger charge is 2.30. The van der Waals surface area contributed by atoms with E-state index in [4.69, 9.17) is 12.2 Å². The normalized spacial score (nSPS) is 16.2. The molecule has 6 heteroatoms. The van der Waals surface area contributed by atoms with Crippen molar-refractivity contribution < 1.29 is 8.78 Å². The Labute approximate surface area is 155 Å². The number of fused-ring (bicyclic) bond motifs is 1. The number of hydrogen-bond donors (Lipinski definition) is 1. The summed E-state index contributed by atoms with van der Waals surface area (Å²) in [4.78, 5) is 2.08. The number of nitrogens with one attached hydrogen (secondary N) is 1. The number of thiocarbonyl (C=S) groups is 1. The molecule has 0 spiro atoms. The number of rotatable bonds is 2. The molecule has 0 fully saturated rings. The van der Waals surface area contributed by atoms with E-state index < -0.39 is 0 Å². The maximum absolute atomic E-state index is 13.4. The molecule has 0 saturated carbocycles. The van der Waals surface area contributed by atoms with Gasteiger partial charge in [0.05, 0.1) is 6.04 Å². The van der Waals surface area contributed by atoms with Gasteiger partial charge in [-0.15, -0.1) is 0 Å². The van der Waals surface area contributed by atoms with Crippen molar-refractivity contribution in [3.05, 3.63) is 89.8 Å². The van der Waals surface area contributed by atoms with Gasteiger partial charge in [-0.05, 0) is 66.3 Å². The van der Waals surface area contributed by atoms with Crippen LogP contribution in [0.5, 0.6) is 0 Å². The molecule has 4 rings (SSSR count). The van der Waals surface area contributed by atoms with Crippen LogP contribution in [0.2, 0.25) is 0 Å². The second-order valence-electron chi connectivity index (χ2n) is 6.21. The Morgan fingerprint density at radius 2 is 1.58 bits per heavy atom. The zero-order chi connectivity index (χ0) is 18.1. The van der Waals surface area contributed by atoms with Crippen molar-refractivity contribution in [3.8, 4) is 0 Å². The van der Waals surface area contributed by atoms with Crippen LogP contribution in [-0.4, -0.2) is 21.1 Å². The molecule has 1 aromatic heterocycles. The summed E-state index contributed by atoms with van der Waals surface area (Å²) in [6, 6.07) is 16.5. The highest BCUT2D eigenvalue weighted by atomic mass is 32.1. The average Bonchev–Trinajstić information content (AvgIpc) is 3.12. The monoisotopic (exact) mass is 369 g/mol. The van der Waals surface area contributed by atoms with Crippen LogP contribution in [0.4, 0.5) is 14.5 Å². The molecule has 0 radical (unpaired) electrons. The van der Waals surface area contributed by atoms with Crippen molar-refractivity contribution in [1.82, 2.24) is 9.47 Å². The van der Waals surface area contributed by atoms with Crippen molar-refractivity contribution in [2.24, 2.45) is 0 Å². The van der Waals surface area contributed by atoms with E-state index in [0.29, 0.717) is 5.11 Å². The van der Waals surface area contributed by atoms with E-state index in [1.54, 1.807) is 24.3 Å². The maximum atomic E-state index is 13.4. The number of hydrogen-bond acceptors (Lipinski definition) is 1. The Kier molecular flexibility index (Phi) is 4.42. The van der Waals surface area contributed by atoms with Crippen LogP contribution in [0.15, 0.2) is 66.9 Å². The van der Waals surface area contributed by atoms with Crippen LogP contribution in [0.25, 0.3) is 0 Å². The van der Waals surface area contributed by atoms with Gasteiger partial charge in [0, 0.05) is 30.7 Å². The summed E-state index contributed by atoms with van der Waals surface area (Å²) in [5.41, 5.74) is 2.80. The van der Waals surface area contributed by atoms with Gasteiger partial charge in [-0.2, -0.15) is 0 Å². The van der Waals surface area contributed by atoms with Crippen LogP contribution in [0.1, 0.15) is 17.3 Å². The lowest BCUT2D eigenvalue weighted by atomic mass is 10.0. The van der Waals surface area contributed by atoms with Gasteiger partial charge in [0.25, 0.3) is 0 Å². The number of aromatic nitrogens is 1. The average molecular weight is 369 g/mol. The molecule has 3 aromatic rings. The minimum atomic E-state index is -0.290. The molecule has 0 bridgehead atoms. The first kappa shape index (κ1) is 16.7. The number of nitrogens with zero attached hydrogens (tertiary/aromatic N) is 2. The third-order valence-corrected chi connectivity index (χ3v) is 4.92. The summed E-state index contributed by atoms with van der Waals surface area (Å²) in [5, 5.41) is 3.73. The third kappa shape index (κ3) is 3.20. The van der Waals surface area contributed by atoms with E-state index in [9.17, 15) is 8.78 Å². The molecule has 1 atom stereocenters. The zero-order valence-corrected chi connectivity index (χ0v) is 14.7. The summed E-state index contributed by atoms with van der Waals surface area (Å²) >= 11 is 5.63. The largest absolute Gasteiger partial charge is 0.348 e. The minimum Gasteiger partial charge on any atom is -0.348 e. The molecule has 1 unspecified atom stereocenters. The van der Waals surface area contributed by atoms with E-state index in [-0.39, 0.29) is 17.7 Å². The molecule has 1 N–H and O–H groups in total. The van der Waals surface area contributed by atoms with Crippen molar-refractivity contribution in [1.29, 1.82) is 0 Å². The number of halogens is 2. The van der Waals surface area contributed by atoms with E-state index in [1.807, 2.05) is 12.3 Å². The lowest BCUT2D eigenvalue weighted by Crippen LogP contribution is -2.44. The maximum Gasteiger partial charge on any atom is 0.174 e. The van der Waals surface area contributed by atoms with Crippen molar-refractivity contribution in [3.63, 3.8) is 0 Å². The van der Waals surface area contributed by atoms with Gasteiger partial charge < -0.3 is 14.8 Å². The Balaban J connectivity index is 1.66. The Hall–Kier alpha value is -2.73. The second-order valence-corrected chi connectivity index (χ2v) is 6.60. The van der Waals surface area contributed by atoms with Gasteiger partial charge in [0.2, 0.25) is 0 Å². The van der Waals surface area contributed by atoms with Crippen LogP contribution in [0.3, 0.4) is 0 Å². The topological polar surface area (TPSA) is 20.2 Å². The summed E-state index contributed by atoms with van der Waals surface area (Å²) in [5.74, 6) is -0.556. The highest BCUT2D eigenvalue weighted by molar-refractivity contribution is 7.80. The van der Waals surface area contributed by atoms with E-state index >= 15 is 0 Å². The molecule has 26 heavy (non-hydrogen) atoms. The number of benzene rings is 2. The third-order valence-electron chi connectivity index (χ3n) is 4.58. The molecule has 1 aliphatic rings. The Morgan fingerprint density at radius 1 is 0.923 bits per heavy atom.